The van der Waals surface area contributed by atoms with Crippen molar-refractivity contribution in [1.82, 2.24) is 0 Å². The third kappa shape index (κ3) is 1.78. The lowest BCUT2D eigenvalue weighted by atomic mass is 9.41. The zero-order valence-electron chi connectivity index (χ0n) is 15.1. The molecule has 0 aromatic carbocycles. The van der Waals surface area contributed by atoms with Crippen molar-refractivity contribution in [1.29, 1.82) is 0 Å². The molecule has 7 atom stereocenters. The van der Waals surface area contributed by atoms with Gasteiger partial charge in [0.2, 0.25) is 0 Å². The van der Waals surface area contributed by atoms with Gasteiger partial charge < -0.3 is 20.4 Å². The van der Waals surface area contributed by atoms with Crippen LogP contribution in [0.1, 0.15) is 59.3 Å². The van der Waals surface area contributed by atoms with Crippen LogP contribution >= 0.6 is 0 Å². The summed E-state index contributed by atoms with van der Waals surface area (Å²) < 4.78 is 0. The molecule has 0 aliphatic heterocycles. The summed E-state index contributed by atoms with van der Waals surface area (Å²) in [5, 5.41) is 42.5. The highest BCUT2D eigenvalue weighted by atomic mass is 16.3. The van der Waals surface area contributed by atoms with Gasteiger partial charge in [-0.3, -0.25) is 0 Å². The lowest BCUT2D eigenvalue weighted by Gasteiger charge is -2.64. The average Bonchev–Trinajstić information content (AvgIpc) is 2.75. The molecule has 0 radical (unpaired) electrons. The Balaban J connectivity index is 1.87. The van der Waals surface area contributed by atoms with E-state index in [-0.39, 0.29) is 34.7 Å². The maximum atomic E-state index is 11.0. The average molecular weight is 336 g/mol. The van der Waals surface area contributed by atoms with Gasteiger partial charge in [0, 0.05) is 11.3 Å². The first-order valence-corrected chi connectivity index (χ1v) is 9.53. The van der Waals surface area contributed by atoms with E-state index in [2.05, 4.69) is 20.8 Å². The van der Waals surface area contributed by atoms with E-state index in [0.29, 0.717) is 6.42 Å². The molecule has 3 saturated carbocycles. The van der Waals surface area contributed by atoms with Gasteiger partial charge in [-0.15, -0.1) is 0 Å². The van der Waals surface area contributed by atoms with Crippen LogP contribution in [0.3, 0.4) is 0 Å². The van der Waals surface area contributed by atoms with Crippen molar-refractivity contribution >= 4 is 0 Å². The van der Waals surface area contributed by atoms with E-state index in [9.17, 15) is 20.4 Å². The molecule has 24 heavy (non-hydrogen) atoms. The first kappa shape index (κ1) is 17.0. The number of aliphatic hydroxyl groups excluding tert-OH is 3. The fraction of sp³-hybridized carbons (Fsp3) is 0.900. The summed E-state index contributed by atoms with van der Waals surface area (Å²) in [4.78, 5) is 0. The summed E-state index contributed by atoms with van der Waals surface area (Å²) >= 11 is 0. The monoisotopic (exact) mass is 336 g/mol. The van der Waals surface area contributed by atoms with Crippen LogP contribution in [0.2, 0.25) is 0 Å². The van der Waals surface area contributed by atoms with Crippen molar-refractivity contribution in [3.05, 3.63) is 11.6 Å². The maximum absolute atomic E-state index is 11.0. The van der Waals surface area contributed by atoms with E-state index < -0.39 is 17.8 Å². The van der Waals surface area contributed by atoms with Crippen molar-refractivity contribution < 1.29 is 20.4 Å². The second-order valence-electron chi connectivity index (χ2n) is 9.95. The molecule has 4 N–H and O–H groups in total. The Kier molecular flexibility index (Phi) is 3.44. The van der Waals surface area contributed by atoms with Gasteiger partial charge in [0.15, 0.2) is 0 Å². The number of hydrogen-bond acceptors (Lipinski definition) is 4. The van der Waals surface area contributed by atoms with Gasteiger partial charge in [-0.1, -0.05) is 33.3 Å². The normalized spacial score (nSPS) is 55.5. The van der Waals surface area contributed by atoms with Gasteiger partial charge in [-0.25, -0.2) is 0 Å². The summed E-state index contributed by atoms with van der Waals surface area (Å²) in [5.74, 6) is -0.149. The van der Waals surface area contributed by atoms with E-state index >= 15 is 0 Å². The van der Waals surface area contributed by atoms with Gasteiger partial charge in [-0.2, -0.15) is 0 Å². The Hall–Kier alpha value is -0.420. The lowest BCUT2D eigenvalue weighted by molar-refractivity contribution is -0.165. The quantitative estimate of drug-likeness (QED) is 0.552. The Morgan fingerprint density at radius 2 is 1.79 bits per heavy atom. The molecule has 136 valence electrons. The van der Waals surface area contributed by atoms with E-state index in [1.165, 1.54) is 0 Å². The van der Waals surface area contributed by atoms with Crippen LogP contribution in [0.15, 0.2) is 11.6 Å². The molecule has 0 amide bonds. The Morgan fingerprint density at radius 3 is 2.46 bits per heavy atom. The summed E-state index contributed by atoms with van der Waals surface area (Å²) in [6, 6.07) is 0. The fourth-order valence-electron chi connectivity index (χ4n) is 7.49. The second kappa shape index (κ2) is 4.85. The van der Waals surface area contributed by atoms with Crippen LogP contribution in [0.5, 0.6) is 0 Å². The molecule has 0 unspecified atom stereocenters. The highest BCUT2D eigenvalue weighted by Crippen LogP contribution is 2.73. The van der Waals surface area contributed by atoms with E-state index in [0.717, 1.165) is 37.7 Å². The van der Waals surface area contributed by atoms with Crippen LogP contribution in [-0.4, -0.2) is 44.8 Å². The molecule has 0 aromatic rings. The first-order valence-electron chi connectivity index (χ1n) is 9.53. The highest BCUT2D eigenvalue weighted by molar-refractivity contribution is 5.39. The minimum absolute atomic E-state index is 0.0647. The molecule has 4 rings (SSSR count). The minimum Gasteiger partial charge on any atom is -0.393 e. The maximum Gasteiger partial charge on any atom is 0.0933 e. The van der Waals surface area contributed by atoms with E-state index in [4.69, 9.17) is 0 Å². The predicted octanol–water partition coefficient (Wildman–Crippen LogP) is 2.00. The third-order valence-corrected chi connectivity index (χ3v) is 8.60. The van der Waals surface area contributed by atoms with Gasteiger partial charge >= 0.3 is 0 Å². The predicted molar refractivity (Wildman–Crippen MR) is 91.1 cm³/mol. The van der Waals surface area contributed by atoms with Crippen LogP contribution in [0, 0.1) is 28.1 Å². The number of hydrogen-bond donors (Lipinski definition) is 4. The molecule has 1 spiro atoms. The first-order chi connectivity index (χ1) is 11.1. The van der Waals surface area contributed by atoms with Crippen molar-refractivity contribution in [2.45, 2.75) is 77.1 Å². The standard InChI is InChI=1S/C20H32O4/c1-17(2)5-4-6-18(3)16(17)14(22)9-12-15(23)13-10-19(12,18)7-8-20(13,24)11-21/h9,13-16,21-24H,4-8,10-11H2,1-3H3/t13-,14-,15-,16-,18-,19-,20-/m0/s1. The second-order valence-corrected chi connectivity index (χ2v) is 9.95. The van der Waals surface area contributed by atoms with Gasteiger partial charge in [0.05, 0.1) is 24.4 Å². The van der Waals surface area contributed by atoms with Crippen molar-refractivity contribution in [3.63, 3.8) is 0 Å². The van der Waals surface area contributed by atoms with Crippen molar-refractivity contribution in [2.75, 3.05) is 6.61 Å². The van der Waals surface area contributed by atoms with Crippen LogP contribution in [0.4, 0.5) is 0 Å². The fourth-order valence-corrected chi connectivity index (χ4v) is 7.49. The molecule has 2 bridgehead atoms. The number of fused-ring (bicyclic) bond motifs is 2. The summed E-state index contributed by atoms with van der Waals surface area (Å²) in [7, 11) is 0. The number of aliphatic hydroxyl groups is 4. The van der Waals surface area contributed by atoms with Gasteiger partial charge in [0.25, 0.3) is 0 Å². The van der Waals surface area contributed by atoms with Crippen LogP contribution in [0.25, 0.3) is 0 Å². The molecule has 3 fully saturated rings. The molecule has 4 aliphatic rings. The largest absolute Gasteiger partial charge is 0.393 e. The molecular weight excluding hydrogens is 304 g/mol. The van der Waals surface area contributed by atoms with Crippen LogP contribution in [-0.2, 0) is 0 Å². The Bertz CT molecular complexity index is 584. The van der Waals surface area contributed by atoms with Crippen molar-refractivity contribution in [2.24, 2.45) is 28.1 Å². The zero-order valence-corrected chi connectivity index (χ0v) is 15.1. The summed E-state index contributed by atoms with van der Waals surface area (Å²) in [5.41, 5.74) is -0.383. The molecule has 4 heteroatoms. The lowest BCUT2D eigenvalue weighted by Crippen LogP contribution is -2.60. The SMILES string of the molecule is CC1(C)CCC[C@@]2(C)[C@H]1[C@@H](O)C=C1[C@H](O)[C@@H]3C[C@@]12CC[C@]3(O)CO. The topological polar surface area (TPSA) is 80.9 Å². The molecule has 0 aromatic heterocycles. The Labute approximate surface area is 144 Å². The zero-order chi connectivity index (χ0) is 17.5. The molecule has 0 heterocycles. The highest BCUT2D eigenvalue weighted by Gasteiger charge is 2.70. The van der Waals surface area contributed by atoms with Gasteiger partial charge in [-0.05, 0) is 54.4 Å². The molecule has 0 saturated heterocycles. The van der Waals surface area contributed by atoms with E-state index in [1.54, 1.807) is 0 Å². The summed E-state index contributed by atoms with van der Waals surface area (Å²) in [6.45, 7) is 6.55. The van der Waals surface area contributed by atoms with E-state index in [1.807, 2.05) is 6.08 Å². The smallest absolute Gasteiger partial charge is 0.0933 e. The molecular formula is C20H32O4. The number of rotatable bonds is 1. The van der Waals surface area contributed by atoms with Crippen molar-refractivity contribution in [3.8, 4) is 0 Å². The molecule has 4 aliphatic carbocycles. The third-order valence-electron chi connectivity index (χ3n) is 8.60. The summed E-state index contributed by atoms with van der Waals surface area (Å²) in [6.07, 6.45) is 6.00. The van der Waals surface area contributed by atoms with Gasteiger partial charge in [0.1, 0.15) is 0 Å². The van der Waals surface area contributed by atoms with Crippen LogP contribution < -0.4 is 0 Å². The molecule has 4 nitrogen and oxygen atoms in total. The minimum atomic E-state index is -1.19. The Morgan fingerprint density at radius 1 is 1.08 bits per heavy atom.